The largest absolute Gasteiger partial charge is 0.382 e. The van der Waals surface area contributed by atoms with Gasteiger partial charge in [0.05, 0.1) is 10.6 Å². The summed E-state index contributed by atoms with van der Waals surface area (Å²) >= 11 is 0. The number of hydrogen-bond donors (Lipinski definition) is 1. The molecule has 1 saturated heterocycles. The van der Waals surface area contributed by atoms with Crippen LogP contribution in [-0.2, 0) is 0 Å². The van der Waals surface area contributed by atoms with Gasteiger partial charge in [0.15, 0.2) is 0 Å². The molecular weight excluding hydrogens is 268 g/mol. The molecule has 1 N–H and O–H groups in total. The molecule has 0 amide bonds. The van der Waals surface area contributed by atoms with Crippen molar-refractivity contribution in [2.24, 2.45) is 5.92 Å². The van der Waals surface area contributed by atoms with Gasteiger partial charge in [0.25, 0.3) is 0 Å². The first kappa shape index (κ1) is 14.6. The van der Waals surface area contributed by atoms with Gasteiger partial charge in [-0.05, 0) is 38.9 Å². The zero-order valence-corrected chi connectivity index (χ0v) is 11.2. The van der Waals surface area contributed by atoms with E-state index in [1.54, 1.807) is 0 Å². The molecule has 7 heteroatoms. The molecule has 5 nitrogen and oxygen atoms in total. The molecule has 0 atom stereocenters. The Morgan fingerprint density at radius 1 is 1.35 bits per heavy atom. The Morgan fingerprint density at radius 3 is 2.60 bits per heavy atom. The number of rotatable bonds is 4. The number of nitrogens with zero attached hydrogens (tertiary/aromatic N) is 2. The third-order valence-electron chi connectivity index (χ3n) is 3.65. The van der Waals surface area contributed by atoms with E-state index in [2.05, 4.69) is 10.2 Å². The summed E-state index contributed by atoms with van der Waals surface area (Å²) in [4.78, 5) is 12.0. The first-order valence-electron chi connectivity index (χ1n) is 6.53. The first-order chi connectivity index (χ1) is 9.47. The van der Waals surface area contributed by atoms with Crippen molar-refractivity contribution < 1.29 is 13.7 Å². The van der Waals surface area contributed by atoms with Crippen molar-refractivity contribution >= 4 is 11.4 Å². The predicted molar refractivity (Wildman–Crippen MR) is 71.7 cm³/mol. The zero-order valence-electron chi connectivity index (χ0n) is 11.2. The number of nitrogens with one attached hydrogen (secondary N) is 1. The number of nitro groups is 1. The fourth-order valence-corrected chi connectivity index (χ4v) is 2.33. The molecule has 0 radical (unpaired) electrons. The van der Waals surface area contributed by atoms with Crippen LogP contribution in [0.1, 0.15) is 12.8 Å². The number of nitro benzene ring substituents is 1. The van der Waals surface area contributed by atoms with Gasteiger partial charge in [-0.1, -0.05) is 0 Å². The average molecular weight is 285 g/mol. The van der Waals surface area contributed by atoms with Gasteiger partial charge in [-0.15, -0.1) is 0 Å². The molecule has 1 aliphatic heterocycles. The van der Waals surface area contributed by atoms with Gasteiger partial charge in [0.2, 0.25) is 5.82 Å². The van der Waals surface area contributed by atoms with Crippen LogP contribution in [-0.4, -0.2) is 36.5 Å². The lowest BCUT2D eigenvalue weighted by molar-refractivity contribution is -0.387. The second-order valence-electron chi connectivity index (χ2n) is 5.17. The van der Waals surface area contributed by atoms with E-state index >= 15 is 0 Å². The Kier molecular flexibility index (Phi) is 4.49. The molecule has 0 saturated carbocycles. The van der Waals surface area contributed by atoms with Gasteiger partial charge in [-0.2, -0.15) is 4.39 Å². The molecule has 1 aliphatic rings. The van der Waals surface area contributed by atoms with E-state index in [1.165, 1.54) is 0 Å². The molecule has 110 valence electrons. The molecule has 1 aromatic carbocycles. The van der Waals surface area contributed by atoms with Gasteiger partial charge in [0.1, 0.15) is 5.82 Å². The normalized spacial score (nSPS) is 17.1. The maximum Gasteiger partial charge on any atom is 0.307 e. The summed E-state index contributed by atoms with van der Waals surface area (Å²) < 4.78 is 26.8. The Bertz CT molecular complexity index is 503. The fourth-order valence-electron chi connectivity index (χ4n) is 2.33. The lowest BCUT2D eigenvalue weighted by Crippen LogP contribution is -2.33. The predicted octanol–water partition coefficient (Wildman–Crippen LogP) is 2.63. The van der Waals surface area contributed by atoms with Crippen molar-refractivity contribution in [2.45, 2.75) is 12.8 Å². The number of benzene rings is 1. The molecule has 1 fully saturated rings. The minimum absolute atomic E-state index is 0.0166. The van der Waals surface area contributed by atoms with Crippen LogP contribution in [0.4, 0.5) is 20.2 Å². The summed E-state index contributed by atoms with van der Waals surface area (Å²) in [5.41, 5.74) is -0.727. The molecule has 1 aromatic rings. The van der Waals surface area contributed by atoms with E-state index in [-0.39, 0.29) is 5.69 Å². The number of piperidine rings is 1. The lowest BCUT2D eigenvalue weighted by Gasteiger charge is -2.29. The minimum Gasteiger partial charge on any atom is -0.382 e. The van der Waals surface area contributed by atoms with Gasteiger partial charge in [-0.3, -0.25) is 10.1 Å². The van der Waals surface area contributed by atoms with Crippen molar-refractivity contribution in [3.8, 4) is 0 Å². The lowest BCUT2D eigenvalue weighted by atomic mass is 9.97. The second-order valence-corrected chi connectivity index (χ2v) is 5.17. The molecule has 0 aromatic heterocycles. The van der Waals surface area contributed by atoms with Gasteiger partial charge >= 0.3 is 5.69 Å². The van der Waals surface area contributed by atoms with Crippen LogP contribution < -0.4 is 5.32 Å². The van der Waals surface area contributed by atoms with Crippen LogP contribution in [0.3, 0.4) is 0 Å². The second kappa shape index (κ2) is 6.13. The quantitative estimate of drug-likeness (QED) is 0.682. The summed E-state index contributed by atoms with van der Waals surface area (Å²) in [6, 6.07) is 1.47. The average Bonchev–Trinajstić information content (AvgIpc) is 2.39. The highest BCUT2D eigenvalue weighted by Crippen LogP contribution is 2.26. The van der Waals surface area contributed by atoms with E-state index in [4.69, 9.17) is 0 Å². The van der Waals surface area contributed by atoms with Crippen LogP contribution in [0.15, 0.2) is 12.1 Å². The Balaban J connectivity index is 2.02. The highest BCUT2D eigenvalue weighted by molar-refractivity contribution is 5.53. The fraction of sp³-hybridized carbons (Fsp3) is 0.538. The monoisotopic (exact) mass is 285 g/mol. The summed E-state index contributed by atoms with van der Waals surface area (Å²) in [5.74, 6) is -1.56. The smallest absolute Gasteiger partial charge is 0.307 e. The van der Waals surface area contributed by atoms with Crippen molar-refractivity contribution in [1.29, 1.82) is 0 Å². The molecule has 2 rings (SSSR count). The first-order valence-corrected chi connectivity index (χ1v) is 6.53. The topological polar surface area (TPSA) is 58.4 Å². The maximum atomic E-state index is 13.6. The van der Waals surface area contributed by atoms with Gasteiger partial charge < -0.3 is 10.2 Å². The SMILES string of the molecule is CN1CCC(CNc2cc([N+](=O)[O-])c(F)cc2F)CC1. The van der Waals surface area contributed by atoms with E-state index < -0.39 is 22.2 Å². The van der Waals surface area contributed by atoms with Gasteiger partial charge in [-0.25, -0.2) is 4.39 Å². The Labute approximate surface area is 115 Å². The summed E-state index contributed by atoms with van der Waals surface area (Å²) in [7, 11) is 2.05. The number of anilines is 1. The van der Waals surface area contributed by atoms with Crippen LogP contribution >= 0.6 is 0 Å². The minimum atomic E-state index is -1.16. The summed E-state index contributed by atoms with van der Waals surface area (Å²) in [5, 5.41) is 13.5. The number of halogens is 2. The molecule has 0 unspecified atom stereocenters. The third-order valence-corrected chi connectivity index (χ3v) is 3.65. The van der Waals surface area contributed by atoms with Crippen molar-refractivity contribution in [1.82, 2.24) is 4.90 Å². The van der Waals surface area contributed by atoms with Crippen LogP contribution in [0.25, 0.3) is 0 Å². The van der Waals surface area contributed by atoms with E-state index in [0.717, 1.165) is 32.0 Å². The number of likely N-dealkylation sites (tertiary alicyclic amines) is 1. The molecule has 0 bridgehead atoms. The van der Waals surface area contributed by atoms with E-state index in [0.29, 0.717) is 18.5 Å². The van der Waals surface area contributed by atoms with Crippen LogP contribution in [0, 0.1) is 27.7 Å². The molecule has 0 aliphatic carbocycles. The van der Waals surface area contributed by atoms with E-state index in [9.17, 15) is 18.9 Å². The zero-order chi connectivity index (χ0) is 14.7. The van der Waals surface area contributed by atoms with Gasteiger partial charge in [0, 0.05) is 18.7 Å². The molecule has 20 heavy (non-hydrogen) atoms. The molecular formula is C13H17F2N3O2. The highest BCUT2D eigenvalue weighted by Gasteiger charge is 2.20. The Morgan fingerprint density at radius 2 is 2.00 bits per heavy atom. The van der Waals surface area contributed by atoms with Crippen LogP contribution in [0.5, 0.6) is 0 Å². The molecule has 0 spiro atoms. The highest BCUT2D eigenvalue weighted by atomic mass is 19.1. The number of hydrogen-bond acceptors (Lipinski definition) is 4. The summed E-state index contributed by atoms with van der Waals surface area (Å²) in [6.07, 6.45) is 1.99. The molecule has 1 heterocycles. The standard InChI is InChI=1S/C13H17F2N3O2/c1-17-4-2-9(3-5-17)8-16-12-7-13(18(19)20)11(15)6-10(12)14/h6-7,9,16H,2-5,8H2,1H3. The Hall–Kier alpha value is -1.76. The van der Waals surface area contributed by atoms with Crippen molar-refractivity contribution in [3.05, 3.63) is 33.9 Å². The van der Waals surface area contributed by atoms with E-state index in [1.807, 2.05) is 7.05 Å². The third kappa shape index (κ3) is 3.41. The van der Waals surface area contributed by atoms with Crippen molar-refractivity contribution in [2.75, 3.05) is 32.0 Å². The van der Waals surface area contributed by atoms with Crippen molar-refractivity contribution in [3.63, 3.8) is 0 Å². The summed E-state index contributed by atoms with van der Waals surface area (Å²) in [6.45, 7) is 2.50. The van der Waals surface area contributed by atoms with Crippen LogP contribution in [0.2, 0.25) is 0 Å². The maximum absolute atomic E-state index is 13.6.